The molecular formula is C17H19N5OS. The summed E-state index contributed by atoms with van der Waals surface area (Å²) in [5.41, 5.74) is 1.15. The summed E-state index contributed by atoms with van der Waals surface area (Å²) in [6.45, 7) is 1.88. The molecule has 1 atom stereocenters. The smallest absolute Gasteiger partial charge is 0.198 e. The zero-order valence-corrected chi connectivity index (χ0v) is 14.3. The van der Waals surface area contributed by atoms with Crippen molar-refractivity contribution in [2.45, 2.75) is 35.7 Å². The molecule has 4 heterocycles. The first-order chi connectivity index (χ1) is 11.8. The van der Waals surface area contributed by atoms with E-state index in [1.54, 1.807) is 6.33 Å². The van der Waals surface area contributed by atoms with E-state index in [-0.39, 0.29) is 0 Å². The van der Waals surface area contributed by atoms with Gasteiger partial charge in [-0.3, -0.25) is 9.88 Å². The summed E-state index contributed by atoms with van der Waals surface area (Å²) >= 11 is 1.49. The van der Waals surface area contributed by atoms with Crippen LogP contribution < -0.4 is 0 Å². The first kappa shape index (κ1) is 15.4. The molecule has 0 unspecified atom stereocenters. The van der Waals surface area contributed by atoms with Crippen molar-refractivity contribution >= 4 is 11.8 Å². The van der Waals surface area contributed by atoms with Crippen molar-refractivity contribution < 1.29 is 4.42 Å². The Kier molecular flexibility index (Phi) is 4.36. The van der Waals surface area contributed by atoms with Crippen LogP contribution in [0.15, 0.2) is 57.5 Å². The highest BCUT2D eigenvalue weighted by molar-refractivity contribution is 7.99. The Morgan fingerprint density at radius 1 is 1.29 bits per heavy atom. The molecule has 124 valence electrons. The lowest BCUT2D eigenvalue weighted by Gasteiger charge is -2.22. The zero-order valence-electron chi connectivity index (χ0n) is 13.5. The summed E-state index contributed by atoms with van der Waals surface area (Å²) in [6.07, 6.45) is 5.91. The van der Waals surface area contributed by atoms with Gasteiger partial charge in [-0.25, -0.2) is 0 Å². The number of aryl methyl sites for hydroxylation is 1. The Morgan fingerprint density at radius 2 is 2.25 bits per heavy atom. The highest BCUT2D eigenvalue weighted by Crippen LogP contribution is 2.33. The summed E-state index contributed by atoms with van der Waals surface area (Å²) in [5.74, 6) is 0.975. The van der Waals surface area contributed by atoms with Gasteiger partial charge in [0.1, 0.15) is 12.1 Å². The van der Waals surface area contributed by atoms with Crippen LogP contribution in [0.1, 0.15) is 30.3 Å². The SMILES string of the molecule is Cn1cnnc1Sc1ccc(CN2CCC[C@H]2c2ccccn2)o1. The molecule has 1 aliphatic rings. The molecule has 24 heavy (non-hydrogen) atoms. The minimum atomic E-state index is 0.381. The van der Waals surface area contributed by atoms with Crippen molar-refractivity contribution in [1.29, 1.82) is 0 Å². The average molecular weight is 341 g/mol. The fraction of sp³-hybridized carbons (Fsp3) is 0.353. The Balaban J connectivity index is 1.45. The number of hydrogen-bond donors (Lipinski definition) is 0. The molecule has 3 aromatic heterocycles. The number of likely N-dealkylation sites (tertiary alicyclic amines) is 1. The minimum Gasteiger partial charge on any atom is -0.453 e. The van der Waals surface area contributed by atoms with Crippen molar-refractivity contribution in [3.8, 4) is 0 Å². The molecule has 0 spiro atoms. The van der Waals surface area contributed by atoms with Crippen LogP contribution in [0.3, 0.4) is 0 Å². The number of hydrogen-bond acceptors (Lipinski definition) is 6. The molecule has 3 aromatic rings. The third-order valence-electron chi connectivity index (χ3n) is 4.25. The zero-order chi connectivity index (χ0) is 16.4. The van der Waals surface area contributed by atoms with Gasteiger partial charge in [0.2, 0.25) is 0 Å². The molecule has 4 rings (SSSR count). The second kappa shape index (κ2) is 6.78. The Morgan fingerprint density at radius 3 is 3.04 bits per heavy atom. The minimum absolute atomic E-state index is 0.381. The molecule has 0 aromatic carbocycles. The van der Waals surface area contributed by atoms with Crippen LogP contribution in [0.2, 0.25) is 0 Å². The van der Waals surface area contributed by atoms with Crippen molar-refractivity contribution in [2.24, 2.45) is 7.05 Å². The summed E-state index contributed by atoms with van der Waals surface area (Å²) in [5, 5.41) is 9.62. The average Bonchev–Trinajstić information content (AvgIpc) is 3.33. The molecule has 6 nitrogen and oxygen atoms in total. The molecule has 0 amide bonds. The number of rotatable bonds is 5. The topological polar surface area (TPSA) is 60.0 Å². The first-order valence-corrected chi connectivity index (χ1v) is 8.87. The fourth-order valence-corrected chi connectivity index (χ4v) is 3.82. The molecule has 1 saturated heterocycles. The lowest BCUT2D eigenvalue weighted by molar-refractivity contribution is 0.219. The summed E-state index contributed by atoms with van der Waals surface area (Å²) in [7, 11) is 1.92. The monoisotopic (exact) mass is 341 g/mol. The predicted octanol–water partition coefficient (Wildman–Crippen LogP) is 3.29. The number of furan rings is 1. The molecular weight excluding hydrogens is 322 g/mol. The van der Waals surface area contributed by atoms with Crippen LogP contribution in [0.4, 0.5) is 0 Å². The molecule has 0 N–H and O–H groups in total. The third-order valence-corrected chi connectivity index (χ3v) is 5.22. The summed E-state index contributed by atoms with van der Waals surface area (Å²) in [6, 6.07) is 10.6. The molecule has 0 saturated carbocycles. The molecule has 0 bridgehead atoms. The lowest BCUT2D eigenvalue weighted by atomic mass is 10.1. The van der Waals surface area contributed by atoms with Crippen LogP contribution in [0.5, 0.6) is 0 Å². The number of pyridine rings is 1. The van der Waals surface area contributed by atoms with Gasteiger partial charge in [0.15, 0.2) is 10.2 Å². The van der Waals surface area contributed by atoms with Crippen molar-refractivity contribution in [1.82, 2.24) is 24.6 Å². The first-order valence-electron chi connectivity index (χ1n) is 8.05. The third kappa shape index (κ3) is 3.22. The molecule has 1 aliphatic heterocycles. The van der Waals surface area contributed by atoms with E-state index in [1.807, 2.05) is 36.0 Å². The van der Waals surface area contributed by atoms with Crippen molar-refractivity contribution in [2.75, 3.05) is 6.54 Å². The largest absolute Gasteiger partial charge is 0.453 e. The quantitative estimate of drug-likeness (QED) is 0.710. The Hall–Kier alpha value is -2.12. The predicted molar refractivity (Wildman–Crippen MR) is 90.5 cm³/mol. The van der Waals surface area contributed by atoms with Crippen LogP contribution in [0, 0.1) is 0 Å². The van der Waals surface area contributed by atoms with Crippen molar-refractivity contribution in [3.63, 3.8) is 0 Å². The maximum Gasteiger partial charge on any atom is 0.198 e. The highest BCUT2D eigenvalue weighted by atomic mass is 32.2. The normalized spacial score (nSPS) is 18.3. The molecule has 0 aliphatic carbocycles. The van der Waals surface area contributed by atoms with E-state index in [4.69, 9.17) is 4.42 Å². The standard InChI is InChI=1S/C17H19N5OS/c1-21-12-19-20-17(21)24-16-8-7-13(23-16)11-22-10-4-6-15(22)14-5-2-3-9-18-14/h2-3,5,7-9,12,15H,4,6,10-11H2,1H3/t15-/m0/s1. The van der Waals surface area contributed by atoms with Gasteiger partial charge in [-0.1, -0.05) is 6.07 Å². The van der Waals surface area contributed by atoms with Crippen molar-refractivity contribution in [3.05, 3.63) is 54.3 Å². The molecule has 1 fully saturated rings. The maximum absolute atomic E-state index is 5.98. The van der Waals surface area contributed by atoms with Gasteiger partial charge in [0.25, 0.3) is 0 Å². The van der Waals surface area contributed by atoms with E-state index in [0.717, 1.165) is 41.2 Å². The molecule has 7 heteroatoms. The number of nitrogens with zero attached hydrogens (tertiary/aromatic N) is 5. The van der Waals surface area contributed by atoms with E-state index < -0.39 is 0 Å². The van der Waals surface area contributed by atoms with Gasteiger partial charge in [-0.2, -0.15) is 0 Å². The summed E-state index contributed by atoms with van der Waals surface area (Å²) < 4.78 is 7.86. The Bertz CT molecular complexity index is 800. The van der Waals surface area contributed by atoms with Crippen LogP contribution in [-0.2, 0) is 13.6 Å². The maximum atomic E-state index is 5.98. The van der Waals surface area contributed by atoms with Gasteiger partial charge >= 0.3 is 0 Å². The van der Waals surface area contributed by atoms with E-state index in [1.165, 1.54) is 18.2 Å². The summed E-state index contributed by atoms with van der Waals surface area (Å²) in [4.78, 5) is 6.97. The lowest BCUT2D eigenvalue weighted by Crippen LogP contribution is -2.23. The van der Waals surface area contributed by atoms with E-state index in [2.05, 4.69) is 32.2 Å². The van der Waals surface area contributed by atoms with Crippen LogP contribution in [0.25, 0.3) is 0 Å². The number of aromatic nitrogens is 4. The van der Waals surface area contributed by atoms with Gasteiger partial charge in [-0.05, 0) is 55.4 Å². The van der Waals surface area contributed by atoms with Crippen LogP contribution >= 0.6 is 11.8 Å². The second-order valence-corrected chi connectivity index (χ2v) is 6.90. The van der Waals surface area contributed by atoms with Crippen LogP contribution in [-0.4, -0.2) is 31.2 Å². The van der Waals surface area contributed by atoms with Gasteiger partial charge in [0.05, 0.1) is 18.3 Å². The van der Waals surface area contributed by atoms with E-state index in [9.17, 15) is 0 Å². The highest BCUT2D eigenvalue weighted by Gasteiger charge is 2.27. The van der Waals surface area contributed by atoms with Gasteiger partial charge < -0.3 is 8.98 Å². The van der Waals surface area contributed by atoms with Gasteiger partial charge in [-0.15, -0.1) is 10.2 Å². The van der Waals surface area contributed by atoms with Gasteiger partial charge in [0, 0.05) is 13.2 Å². The molecule has 0 radical (unpaired) electrons. The van der Waals surface area contributed by atoms with E-state index >= 15 is 0 Å². The second-order valence-electron chi connectivity index (χ2n) is 5.93. The van der Waals surface area contributed by atoms with E-state index in [0.29, 0.717) is 6.04 Å². The Labute approximate surface area is 144 Å². The fourth-order valence-electron chi connectivity index (χ4n) is 3.08.